The fourth-order valence-corrected chi connectivity index (χ4v) is 3.53. The number of carbonyl (C=O) groups is 1. The SMILES string of the molecule is O=C(c1ccc(Cl)c(Cl)c1)N1CCC(F)(CNCc2cccc(C(F)F)n2)CC1. The molecule has 0 atom stereocenters. The molecule has 29 heavy (non-hydrogen) atoms. The molecule has 9 heteroatoms. The van der Waals surface area contributed by atoms with Gasteiger partial charge in [-0.25, -0.2) is 13.2 Å². The largest absolute Gasteiger partial charge is 0.338 e. The lowest BCUT2D eigenvalue weighted by Gasteiger charge is -2.36. The third-order valence-electron chi connectivity index (χ3n) is 4.91. The highest BCUT2D eigenvalue weighted by atomic mass is 35.5. The van der Waals surface area contributed by atoms with Crippen molar-refractivity contribution >= 4 is 29.1 Å². The smallest absolute Gasteiger partial charge is 0.280 e. The second-order valence-corrected chi connectivity index (χ2v) is 7.84. The average Bonchev–Trinajstić information content (AvgIpc) is 2.70. The zero-order valence-corrected chi connectivity index (χ0v) is 17.0. The summed E-state index contributed by atoms with van der Waals surface area (Å²) in [6.07, 6.45) is -2.28. The van der Waals surface area contributed by atoms with Gasteiger partial charge in [0.2, 0.25) is 0 Å². The van der Waals surface area contributed by atoms with Gasteiger partial charge in [0.05, 0.1) is 15.7 Å². The summed E-state index contributed by atoms with van der Waals surface area (Å²) in [4.78, 5) is 18.0. The van der Waals surface area contributed by atoms with Gasteiger partial charge in [0.1, 0.15) is 11.4 Å². The first-order valence-electron chi connectivity index (χ1n) is 9.15. The van der Waals surface area contributed by atoms with E-state index in [9.17, 15) is 13.6 Å². The number of piperidine rings is 1. The van der Waals surface area contributed by atoms with Crippen LogP contribution in [0.3, 0.4) is 0 Å². The highest BCUT2D eigenvalue weighted by Gasteiger charge is 2.36. The van der Waals surface area contributed by atoms with E-state index >= 15 is 4.39 Å². The Morgan fingerprint density at radius 3 is 2.55 bits per heavy atom. The van der Waals surface area contributed by atoms with Crippen LogP contribution in [-0.2, 0) is 6.54 Å². The van der Waals surface area contributed by atoms with Gasteiger partial charge in [-0.05, 0) is 30.3 Å². The normalized spacial score (nSPS) is 16.3. The van der Waals surface area contributed by atoms with Gasteiger partial charge < -0.3 is 10.2 Å². The molecular formula is C20H20Cl2F3N3O. The van der Waals surface area contributed by atoms with Crippen molar-refractivity contribution in [2.45, 2.75) is 31.5 Å². The number of halogens is 5. The number of benzene rings is 1. The first-order chi connectivity index (χ1) is 13.8. The Morgan fingerprint density at radius 2 is 1.90 bits per heavy atom. The van der Waals surface area contributed by atoms with Crippen LogP contribution in [0.25, 0.3) is 0 Å². The number of aromatic nitrogens is 1. The molecule has 1 aromatic carbocycles. The molecule has 0 bridgehead atoms. The van der Waals surface area contributed by atoms with Crippen molar-refractivity contribution in [3.05, 3.63) is 63.4 Å². The maximum atomic E-state index is 15.1. The molecule has 3 rings (SSSR count). The molecule has 0 saturated carbocycles. The van der Waals surface area contributed by atoms with Gasteiger partial charge in [-0.1, -0.05) is 29.3 Å². The Bertz CT molecular complexity index is 874. The number of nitrogens with zero attached hydrogens (tertiary/aromatic N) is 2. The number of carbonyl (C=O) groups excluding carboxylic acids is 1. The molecule has 2 aromatic rings. The molecule has 0 spiro atoms. The number of hydrogen-bond donors (Lipinski definition) is 1. The van der Waals surface area contributed by atoms with Crippen molar-refractivity contribution in [2.75, 3.05) is 19.6 Å². The van der Waals surface area contributed by atoms with Crippen molar-refractivity contribution in [1.29, 1.82) is 0 Å². The molecule has 1 N–H and O–H groups in total. The summed E-state index contributed by atoms with van der Waals surface area (Å²) < 4.78 is 40.5. The number of likely N-dealkylation sites (tertiary alicyclic amines) is 1. The van der Waals surface area contributed by atoms with Gasteiger partial charge in [0.25, 0.3) is 12.3 Å². The second kappa shape index (κ2) is 9.32. The summed E-state index contributed by atoms with van der Waals surface area (Å²) >= 11 is 11.8. The van der Waals surface area contributed by atoms with E-state index in [4.69, 9.17) is 23.2 Å². The number of pyridine rings is 1. The minimum atomic E-state index is -2.64. The van der Waals surface area contributed by atoms with Crippen molar-refractivity contribution in [2.24, 2.45) is 0 Å². The van der Waals surface area contributed by atoms with Crippen LogP contribution >= 0.6 is 23.2 Å². The minimum absolute atomic E-state index is 0.0579. The Kier molecular flexibility index (Phi) is 7.03. The monoisotopic (exact) mass is 445 g/mol. The van der Waals surface area contributed by atoms with E-state index in [-0.39, 0.29) is 50.6 Å². The van der Waals surface area contributed by atoms with E-state index in [0.29, 0.717) is 21.3 Å². The van der Waals surface area contributed by atoms with Crippen LogP contribution in [0.15, 0.2) is 36.4 Å². The van der Waals surface area contributed by atoms with Crippen molar-refractivity contribution < 1.29 is 18.0 Å². The van der Waals surface area contributed by atoms with Crippen LogP contribution in [0.4, 0.5) is 13.2 Å². The number of alkyl halides is 3. The van der Waals surface area contributed by atoms with Crippen molar-refractivity contribution in [1.82, 2.24) is 15.2 Å². The zero-order valence-electron chi connectivity index (χ0n) is 15.5. The lowest BCUT2D eigenvalue weighted by Crippen LogP contribution is -2.48. The van der Waals surface area contributed by atoms with Crippen LogP contribution in [0, 0.1) is 0 Å². The van der Waals surface area contributed by atoms with E-state index in [1.54, 1.807) is 23.1 Å². The third kappa shape index (κ3) is 5.62. The molecule has 1 saturated heterocycles. The summed E-state index contributed by atoms with van der Waals surface area (Å²) in [5, 5.41) is 3.61. The topological polar surface area (TPSA) is 45.2 Å². The first-order valence-corrected chi connectivity index (χ1v) is 9.91. The van der Waals surface area contributed by atoms with Gasteiger partial charge in [-0.2, -0.15) is 0 Å². The summed E-state index contributed by atoms with van der Waals surface area (Å²) in [5.74, 6) is -0.216. The Hall–Kier alpha value is -1.83. The van der Waals surface area contributed by atoms with E-state index in [0.717, 1.165) is 0 Å². The molecule has 156 valence electrons. The van der Waals surface area contributed by atoms with Crippen LogP contribution in [0.2, 0.25) is 10.0 Å². The predicted molar refractivity (Wildman–Crippen MR) is 106 cm³/mol. The van der Waals surface area contributed by atoms with Crippen molar-refractivity contribution in [3.63, 3.8) is 0 Å². The Balaban J connectivity index is 1.50. The van der Waals surface area contributed by atoms with Gasteiger partial charge >= 0.3 is 0 Å². The quantitative estimate of drug-likeness (QED) is 0.675. The number of amides is 1. The highest BCUT2D eigenvalue weighted by molar-refractivity contribution is 6.42. The van der Waals surface area contributed by atoms with Crippen LogP contribution in [0.5, 0.6) is 0 Å². The Morgan fingerprint density at radius 1 is 1.17 bits per heavy atom. The standard InChI is InChI=1S/C20H20Cl2F3N3O/c21-15-5-4-13(10-16(15)22)19(29)28-8-6-20(25,7-9-28)12-26-11-14-2-1-3-17(27-14)18(23)24/h1-5,10,18,26H,6-9,11-12H2. The lowest BCUT2D eigenvalue weighted by atomic mass is 9.92. The number of hydrogen-bond acceptors (Lipinski definition) is 3. The molecular weight excluding hydrogens is 426 g/mol. The number of nitrogens with one attached hydrogen (secondary N) is 1. The van der Waals surface area contributed by atoms with Crippen LogP contribution in [-0.4, -0.2) is 41.1 Å². The van der Waals surface area contributed by atoms with E-state index in [1.165, 1.54) is 18.2 Å². The van der Waals surface area contributed by atoms with Crippen molar-refractivity contribution in [3.8, 4) is 0 Å². The summed E-state index contributed by atoms with van der Waals surface area (Å²) in [7, 11) is 0. The zero-order chi connectivity index (χ0) is 21.0. The molecule has 2 heterocycles. The molecule has 4 nitrogen and oxygen atoms in total. The van der Waals surface area contributed by atoms with E-state index < -0.39 is 12.1 Å². The van der Waals surface area contributed by atoms with E-state index in [1.807, 2.05) is 0 Å². The van der Waals surface area contributed by atoms with Gasteiger partial charge in [0.15, 0.2) is 0 Å². The maximum Gasteiger partial charge on any atom is 0.280 e. The molecule has 1 aromatic heterocycles. The van der Waals surface area contributed by atoms with Crippen LogP contribution in [0.1, 0.15) is 41.0 Å². The minimum Gasteiger partial charge on any atom is -0.338 e. The van der Waals surface area contributed by atoms with Gasteiger partial charge in [-0.15, -0.1) is 0 Å². The summed E-state index contributed by atoms with van der Waals surface area (Å²) in [5.41, 5.74) is -0.935. The van der Waals surface area contributed by atoms with Gasteiger partial charge in [-0.3, -0.25) is 9.78 Å². The lowest BCUT2D eigenvalue weighted by molar-refractivity contribution is 0.0434. The molecule has 0 radical (unpaired) electrons. The highest BCUT2D eigenvalue weighted by Crippen LogP contribution is 2.28. The summed E-state index contributed by atoms with van der Waals surface area (Å²) in [6, 6.07) is 9.03. The first kappa shape index (κ1) is 21.9. The van der Waals surface area contributed by atoms with E-state index in [2.05, 4.69) is 10.3 Å². The third-order valence-corrected chi connectivity index (χ3v) is 5.65. The molecule has 1 fully saturated rings. The van der Waals surface area contributed by atoms with Crippen LogP contribution < -0.4 is 5.32 Å². The molecule has 0 unspecified atom stereocenters. The molecule has 1 amide bonds. The maximum absolute atomic E-state index is 15.1. The Labute approximate surface area is 177 Å². The average molecular weight is 446 g/mol. The molecule has 0 aliphatic carbocycles. The fraction of sp³-hybridized carbons (Fsp3) is 0.400. The fourth-order valence-electron chi connectivity index (χ4n) is 3.23. The molecule has 1 aliphatic heterocycles. The summed E-state index contributed by atoms with van der Waals surface area (Å²) in [6.45, 7) is 0.799. The number of rotatable bonds is 6. The molecule has 1 aliphatic rings. The van der Waals surface area contributed by atoms with Gasteiger partial charge in [0, 0.05) is 44.6 Å². The second-order valence-electron chi connectivity index (χ2n) is 7.03. The predicted octanol–water partition coefficient (Wildman–Crippen LogP) is 5.06.